The Balaban J connectivity index is -0.000000245. The van der Waals surface area contributed by atoms with Crippen LogP contribution in [0.2, 0.25) is 0 Å². The molecule has 64 valence electrons. The molecule has 0 heterocycles. The fourth-order valence-corrected chi connectivity index (χ4v) is 0.307. The van der Waals surface area contributed by atoms with Crippen LogP contribution in [0.25, 0.3) is 0 Å². The molecule has 4 nitrogen and oxygen atoms in total. The Morgan fingerprint density at radius 3 is 2.20 bits per heavy atom. The van der Waals surface area contributed by atoms with E-state index in [0.717, 1.165) is 0 Å². The number of halogens is 2. The summed E-state index contributed by atoms with van der Waals surface area (Å²) in [4.78, 5) is 9.92. The lowest BCUT2D eigenvalue weighted by Crippen LogP contribution is -2.38. The highest BCUT2D eigenvalue weighted by molar-refractivity contribution is 5.85. The van der Waals surface area contributed by atoms with Crippen LogP contribution in [-0.4, -0.2) is 30.7 Å². The second-order valence-corrected chi connectivity index (χ2v) is 1.50. The molecule has 0 fully saturated rings. The molecular weight excluding hydrogens is 182 g/mol. The Bertz CT molecular complexity index is 91.3. The van der Waals surface area contributed by atoms with Gasteiger partial charge in [-0.3, -0.25) is 4.79 Å². The Morgan fingerprint density at radius 2 is 2.10 bits per heavy atom. The predicted molar refractivity (Wildman–Crippen MR) is 44.0 cm³/mol. The molecule has 0 aliphatic rings. The molecule has 0 amide bonds. The van der Waals surface area contributed by atoms with Crippen molar-refractivity contribution in [2.75, 3.05) is 13.6 Å². The summed E-state index contributed by atoms with van der Waals surface area (Å²) in [5, 5.41) is 10.8. The first kappa shape index (κ1) is 16.5. The third kappa shape index (κ3) is 7.97. The van der Waals surface area contributed by atoms with Gasteiger partial charge in [0.1, 0.15) is 6.04 Å². The lowest BCUT2D eigenvalue weighted by Gasteiger charge is -2.02. The standard InChI is InChI=1S/C4H10N2O2.2ClH/c1-6-2-3(5)4(7)8;;/h3,6H,2,5H2,1H3,(H,7,8);2*1H/t3-;;/m0../s1/i1+1,5+1,6+1;;. The molecule has 0 aromatic rings. The maximum atomic E-state index is 9.92. The van der Waals surface area contributed by atoms with Gasteiger partial charge >= 0.3 is 5.97 Å². The van der Waals surface area contributed by atoms with Crippen molar-refractivity contribution >= 4 is 30.8 Å². The second kappa shape index (κ2) is 8.97. The lowest BCUT2D eigenvalue weighted by atomic mass is 10.4. The van der Waals surface area contributed by atoms with Crippen molar-refractivity contribution < 1.29 is 9.90 Å². The van der Waals surface area contributed by atoms with E-state index in [1.54, 1.807) is 7.05 Å². The Kier molecular flexibility index (Phi) is 14.8. The second-order valence-electron chi connectivity index (χ2n) is 1.50. The number of nitrogens with one attached hydrogen (secondary N) is 1. The zero-order chi connectivity index (χ0) is 6.57. The summed E-state index contributed by atoms with van der Waals surface area (Å²) in [6.07, 6.45) is 0. The van der Waals surface area contributed by atoms with Gasteiger partial charge < -0.3 is 16.2 Å². The number of aliphatic carboxylic acids is 1. The van der Waals surface area contributed by atoms with Gasteiger partial charge in [-0.05, 0) is 7.05 Å². The first-order valence-electron chi connectivity index (χ1n) is 2.31. The van der Waals surface area contributed by atoms with E-state index in [1.807, 2.05) is 0 Å². The van der Waals surface area contributed by atoms with Crippen LogP contribution in [0.3, 0.4) is 0 Å². The minimum Gasteiger partial charge on any atom is -0.480 e. The molecule has 0 aromatic carbocycles. The van der Waals surface area contributed by atoms with Gasteiger partial charge in [-0.1, -0.05) is 0 Å². The van der Waals surface area contributed by atoms with Crippen molar-refractivity contribution in [3.05, 3.63) is 0 Å². The molecule has 0 rings (SSSR count). The number of carbonyl (C=O) groups is 1. The average molecular weight is 194 g/mol. The molecule has 0 aliphatic heterocycles. The minimum atomic E-state index is -0.973. The topological polar surface area (TPSA) is 75.3 Å². The molecule has 0 saturated carbocycles. The van der Waals surface area contributed by atoms with Crippen LogP contribution in [-0.2, 0) is 4.79 Å². The maximum Gasteiger partial charge on any atom is 0.321 e. The summed E-state index contributed by atoms with van der Waals surface area (Å²) in [5.74, 6) is -0.973. The highest BCUT2D eigenvalue weighted by Crippen LogP contribution is 1.71. The molecule has 1 atom stereocenters. The van der Waals surface area contributed by atoms with E-state index in [1.165, 1.54) is 0 Å². The molecule has 0 radical (unpaired) electrons. The van der Waals surface area contributed by atoms with Crippen molar-refractivity contribution in [3.8, 4) is 0 Å². The molecule has 6 heteroatoms. The molecular formula is C4H12Cl2N2O2. The molecule has 0 aliphatic carbocycles. The van der Waals surface area contributed by atoms with Gasteiger partial charge in [-0.25, -0.2) is 0 Å². The van der Waals surface area contributed by atoms with Crippen LogP contribution < -0.4 is 11.1 Å². The largest absolute Gasteiger partial charge is 0.480 e. The lowest BCUT2D eigenvalue weighted by molar-refractivity contribution is -0.138. The third-order valence-corrected chi connectivity index (χ3v) is 0.741. The van der Waals surface area contributed by atoms with E-state index in [0.29, 0.717) is 6.54 Å². The highest BCUT2D eigenvalue weighted by Gasteiger charge is 2.07. The minimum absolute atomic E-state index is 0. The first-order valence-corrected chi connectivity index (χ1v) is 2.31. The van der Waals surface area contributed by atoms with Crippen molar-refractivity contribution in [3.63, 3.8) is 0 Å². The average Bonchev–Trinajstić information content (AvgIpc) is 1.67. The van der Waals surface area contributed by atoms with Crippen molar-refractivity contribution in [2.24, 2.45) is 5.73 Å². The van der Waals surface area contributed by atoms with Crippen LogP contribution >= 0.6 is 24.8 Å². The van der Waals surface area contributed by atoms with E-state index >= 15 is 0 Å². The van der Waals surface area contributed by atoms with E-state index in [9.17, 15) is 4.79 Å². The summed E-state index contributed by atoms with van der Waals surface area (Å²) < 4.78 is 0. The summed E-state index contributed by atoms with van der Waals surface area (Å²) in [6, 6.07) is -0.778. The Hall–Kier alpha value is -0.0300. The van der Waals surface area contributed by atoms with Crippen LogP contribution in [0.5, 0.6) is 0 Å². The van der Waals surface area contributed by atoms with Crippen LogP contribution in [0, 0.1) is 0 Å². The monoisotopic (exact) mass is 193 g/mol. The Labute approximate surface area is 72.0 Å². The smallest absolute Gasteiger partial charge is 0.321 e. The number of hydrogen-bond acceptors (Lipinski definition) is 3. The van der Waals surface area contributed by atoms with Gasteiger partial charge in [0.15, 0.2) is 0 Å². The molecule has 10 heavy (non-hydrogen) atoms. The van der Waals surface area contributed by atoms with E-state index in [2.05, 4.69) is 5.32 Å². The van der Waals surface area contributed by atoms with Gasteiger partial charge in [-0.15, -0.1) is 24.8 Å². The molecule has 0 aromatic heterocycles. The quantitative estimate of drug-likeness (QED) is 0.416. The third-order valence-electron chi connectivity index (χ3n) is 0.741. The first-order chi connectivity index (χ1) is 3.68. The van der Waals surface area contributed by atoms with E-state index in [4.69, 9.17) is 10.8 Å². The fourth-order valence-electron chi connectivity index (χ4n) is 0.307. The van der Waals surface area contributed by atoms with Gasteiger partial charge in [0.2, 0.25) is 0 Å². The summed E-state index contributed by atoms with van der Waals surface area (Å²) >= 11 is 0. The Morgan fingerprint density at radius 1 is 1.70 bits per heavy atom. The van der Waals surface area contributed by atoms with Gasteiger partial charge in [-0.2, -0.15) is 0 Å². The van der Waals surface area contributed by atoms with Crippen molar-refractivity contribution in [1.29, 1.82) is 0 Å². The van der Waals surface area contributed by atoms with Crippen molar-refractivity contribution in [1.82, 2.24) is 5.32 Å². The SMILES string of the molecule is Cl.Cl.[13CH3][15NH]C[C@H]([15NH2])C(=O)O. The molecule has 0 spiro atoms. The van der Waals surface area contributed by atoms with Gasteiger partial charge in [0, 0.05) is 6.54 Å². The molecule has 0 bridgehead atoms. The van der Waals surface area contributed by atoms with Gasteiger partial charge in [0.25, 0.3) is 0 Å². The van der Waals surface area contributed by atoms with Gasteiger partial charge in [0.05, 0.1) is 0 Å². The van der Waals surface area contributed by atoms with E-state index in [-0.39, 0.29) is 24.8 Å². The summed E-state index contributed by atoms with van der Waals surface area (Å²) in [7, 11) is 1.66. The van der Waals surface area contributed by atoms with Crippen LogP contribution in [0.1, 0.15) is 0 Å². The number of hydrogen-bond donors (Lipinski definition) is 3. The summed E-state index contributed by atoms with van der Waals surface area (Å²) in [5.41, 5.74) is 5.06. The van der Waals surface area contributed by atoms with Crippen LogP contribution in [0.15, 0.2) is 0 Å². The number of likely N-dealkylation sites (N-methyl/N-ethyl adjacent to an activating group) is 1. The van der Waals surface area contributed by atoms with Crippen molar-refractivity contribution in [2.45, 2.75) is 6.04 Å². The normalized spacial score (nSPS) is 10.6. The molecule has 0 unspecified atom stereocenters. The molecule has 0 saturated heterocycles. The zero-order valence-corrected chi connectivity index (χ0v) is 7.17. The fraction of sp³-hybridized carbons (Fsp3) is 0.750. The number of carboxylic acids is 1. The van der Waals surface area contributed by atoms with E-state index < -0.39 is 12.0 Å². The maximum absolute atomic E-state index is 9.92. The number of carboxylic acid groups (broad SMARTS) is 1. The predicted octanol–water partition coefficient (Wildman–Crippen LogP) is -0.539. The number of rotatable bonds is 3. The summed E-state index contributed by atoms with van der Waals surface area (Å²) in [6.45, 7) is 0.315. The zero-order valence-electron chi connectivity index (χ0n) is 5.53. The van der Waals surface area contributed by atoms with Crippen LogP contribution in [0.4, 0.5) is 0 Å². The number of nitrogens with two attached hydrogens (primary N) is 1. The highest BCUT2D eigenvalue weighted by atomic mass is 35.5. The molecule has 4 N–H and O–H groups in total.